The molecule has 0 spiro atoms. The highest BCUT2D eigenvalue weighted by Crippen LogP contribution is 2.30. The fourth-order valence-corrected chi connectivity index (χ4v) is 4.81. The summed E-state index contributed by atoms with van der Waals surface area (Å²) in [5.41, 5.74) is 1.87. The number of phenols is 2. The summed E-state index contributed by atoms with van der Waals surface area (Å²) in [5.74, 6) is 0.248. The molecule has 2 aromatic rings. The van der Waals surface area contributed by atoms with Crippen LogP contribution in [-0.2, 0) is 31.9 Å². The van der Waals surface area contributed by atoms with Crippen molar-refractivity contribution in [3.63, 3.8) is 0 Å². The third-order valence-corrected chi connectivity index (χ3v) is 6.83. The van der Waals surface area contributed by atoms with Gasteiger partial charge in [-0.1, -0.05) is 25.0 Å². The number of benzene rings is 2. The molecule has 0 heterocycles. The SMILES string of the molecule is COc1cc(CCC(CC(CCc2ccc(O)c(OC)c2)OC(=O)C2CCCC2)OC(C)=O)ccc1O. The second kappa shape index (κ2) is 13.8. The molecule has 0 saturated heterocycles. The van der Waals surface area contributed by atoms with Gasteiger partial charge in [-0.3, -0.25) is 9.59 Å². The Morgan fingerprint density at radius 1 is 0.838 bits per heavy atom. The van der Waals surface area contributed by atoms with Crippen molar-refractivity contribution in [3.05, 3.63) is 47.5 Å². The summed E-state index contributed by atoms with van der Waals surface area (Å²) in [6, 6.07) is 10.3. The molecule has 8 nitrogen and oxygen atoms in total. The highest BCUT2D eigenvalue weighted by atomic mass is 16.6. The van der Waals surface area contributed by atoms with E-state index in [9.17, 15) is 19.8 Å². The molecule has 0 amide bonds. The van der Waals surface area contributed by atoms with Crippen LogP contribution < -0.4 is 9.47 Å². The predicted octanol–water partition coefficient (Wildman–Crippen LogP) is 5.10. The minimum absolute atomic E-state index is 0.0625. The van der Waals surface area contributed by atoms with Crippen molar-refractivity contribution in [2.24, 2.45) is 5.92 Å². The van der Waals surface area contributed by atoms with Crippen molar-refractivity contribution in [1.29, 1.82) is 0 Å². The van der Waals surface area contributed by atoms with Gasteiger partial charge in [0.15, 0.2) is 23.0 Å². The molecule has 3 rings (SSSR count). The van der Waals surface area contributed by atoms with Gasteiger partial charge in [-0.15, -0.1) is 0 Å². The lowest BCUT2D eigenvalue weighted by Crippen LogP contribution is -2.29. The first kappa shape index (κ1) is 28.2. The van der Waals surface area contributed by atoms with Crippen molar-refractivity contribution in [1.82, 2.24) is 0 Å². The summed E-state index contributed by atoms with van der Waals surface area (Å²) in [5, 5.41) is 19.8. The second-order valence-corrected chi connectivity index (χ2v) is 9.60. The number of carbonyl (C=O) groups excluding carboxylic acids is 2. The maximum Gasteiger partial charge on any atom is 0.309 e. The van der Waals surface area contributed by atoms with Gasteiger partial charge in [0.25, 0.3) is 0 Å². The van der Waals surface area contributed by atoms with Gasteiger partial charge in [-0.2, -0.15) is 0 Å². The summed E-state index contributed by atoms with van der Waals surface area (Å²) in [4.78, 5) is 24.8. The molecule has 1 saturated carbocycles. The summed E-state index contributed by atoms with van der Waals surface area (Å²) in [7, 11) is 2.99. The average molecular weight is 515 g/mol. The molecule has 1 aliphatic rings. The Labute approximate surface area is 218 Å². The van der Waals surface area contributed by atoms with E-state index in [-0.39, 0.29) is 23.4 Å². The van der Waals surface area contributed by atoms with E-state index < -0.39 is 18.2 Å². The molecule has 0 aromatic heterocycles. The summed E-state index contributed by atoms with van der Waals surface area (Å²) in [6.45, 7) is 1.37. The molecule has 1 fully saturated rings. The Kier molecular flexibility index (Phi) is 10.5. The van der Waals surface area contributed by atoms with Gasteiger partial charge in [-0.25, -0.2) is 0 Å². The molecule has 202 valence electrons. The van der Waals surface area contributed by atoms with Crippen molar-refractivity contribution < 1.29 is 38.7 Å². The van der Waals surface area contributed by atoms with E-state index in [2.05, 4.69) is 0 Å². The van der Waals surface area contributed by atoms with Gasteiger partial charge in [0.05, 0.1) is 20.1 Å². The number of esters is 2. The molecule has 0 radical (unpaired) electrons. The summed E-state index contributed by atoms with van der Waals surface area (Å²) >= 11 is 0. The Balaban J connectivity index is 1.71. The van der Waals surface area contributed by atoms with Crippen LogP contribution in [0.25, 0.3) is 0 Å². The third-order valence-electron chi connectivity index (χ3n) is 6.83. The molecule has 2 N–H and O–H groups in total. The van der Waals surface area contributed by atoms with Crippen LogP contribution in [0.15, 0.2) is 36.4 Å². The van der Waals surface area contributed by atoms with Crippen LogP contribution in [0.2, 0.25) is 0 Å². The molecular formula is C29H38O8. The zero-order valence-electron chi connectivity index (χ0n) is 21.9. The lowest BCUT2D eigenvalue weighted by atomic mass is 9.98. The normalized spacial score (nSPS) is 15.1. The molecule has 0 bridgehead atoms. The second-order valence-electron chi connectivity index (χ2n) is 9.60. The van der Waals surface area contributed by atoms with E-state index in [4.69, 9.17) is 18.9 Å². The minimum Gasteiger partial charge on any atom is -0.504 e. The molecule has 0 aliphatic heterocycles. The number of ether oxygens (including phenoxy) is 4. The largest absolute Gasteiger partial charge is 0.504 e. The first-order chi connectivity index (χ1) is 17.8. The quantitative estimate of drug-likeness (QED) is 0.355. The number of methoxy groups -OCH3 is 2. The maximum absolute atomic E-state index is 12.9. The molecule has 1 aliphatic carbocycles. The van der Waals surface area contributed by atoms with Crippen molar-refractivity contribution in [2.75, 3.05) is 14.2 Å². The summed E-state index contributed by atoms with van der Waals surface area (Å²) < 4.78 is 22.0. The molecular weight excluding hydrogens is 476 g/mol. The van der Waals surface area contributed by atoms with Crippen molar-refractivity contribution in [3.8, 4) is 23.0 Å². The topological polar surface area (TPSA) is 112 Å². The summed E-state index contributed by atoms with van der Waals surface area (Å²) in [6.07, 6.45) is 5.49. The Morgan fingerprint density at radius 2 is 1.32 bits per heavy atom. The zero-order chi connectivity index (χ0) is 26.8. The van der Waals surface area contributed by atoms with Gasteiger partial charge in [-0.05, 0) is 73.9 Å². The minimum atomic E-state index is -0.451. The van der Waals surface area contributed by atoms with Crippen molar-refractivity contribution in [2.45, 2.75) is 76.9 Å². The van der Waals surface area contributed by atoms with Gasteiger partial charge in [0.2, 0.25) is 0 Å². The van der Waals surface area contributed by atoms with Crippen LogP contribution in [-0.4, -0.2) is 48.6 Å². The fraction of sp³-hybridized carbons (Fsp3) is 0.517. The lowest BCUT2D eigenvalue weighted by molar-refractivity contribution is -0.158. The van der Waals surface area contributed by atoms with E-state index in [1.165, 1.54) is 21.1 Å². The highest BCUT2D eigenvalue weighted by Gasteiger charge is 2.28. The van der Waals surface area contributed by atoms with Crippen LogP contribution >= 0.6 is 0 Å². The third kappa shape index (κ3) is 8.58. The highest BCUT2D eigenvalue weighted by molar-refractivity contribution is 5.73. The van der Waals surface area contributed by atoms with Crippen LogP contribution in [0, 0.1) is 5.92 Å². The number of rotatable bonds is 13. The van der Waals surface area contributed by atoms with Gasteiger partial charge < -0.3 is 29.2 Å². The lowest BCUT2D eigenvalue weighted by Gasteiger charge is -2.25. The first-order valence-corrected chi connectivity index (χ1v) is 12.9. The molecule has 2 unspecified atom stereocenters. The van der Waals surface area contributed by atoms with E-state index in [0.717, 1.165) is 36.8 Å². The van der Waals surface area contributed by atoms with Gasteiger partial charge in [0.1, 0.15) is 12.2 Å². The smallest absolute Gasteiger partial charge is 0.309 e. The van der Waals surface area contributed by atoms with Gasteiger partial charge >= 0.3 is 11.9 Å². The average Bonchev–Trinajstić information content (AvgIpc) is 3.42. The van der Waals surface area contributed by atoms with E-state index in [0.29, 0.717) is 43.6 Å². The molecule has 2 atom stereocenters. The van der Waals surface area contributed by atoms with E-state index in [1.54, 1.807) is 30.3 Å². The monoisotopic (exact) mass is 514 g/mol. The molecule has 2 aromatic carbocycles. The number of phenolic OH excluding ortho intramolecular Hbond substituents is 2. The Morgan fingerprint density at radius 3 is 1.78 bits per heavy atom. The molecule has 37 heavy (non-hydrogen) atoms. The number of aromatic hydroxyl groups is 2. The standard InChI is InChI=1S/C29H38O8/c1-19(30)36-23(12-8-20-10-14-25(31)27(16-20)34-2)18-24(37-29(33)22-6-4-5-7-22)13-9-21-11-15-26(32)28(17-21)35-3/h10-11,14-17,22-24,31-32H,4-9,12-13,18H2,1-3H3. The number of hydrogen-bond donors (Lipinski definition) is 2. The van der Waals surface area contributed by atoms with Crippen LogP contribution in [0.3, 0.4) is 0 Å². The maximum atomic E-state index is 12.9. The van der Waals surface area contributed by atoms with E-state index in [1.807, 2.05) is 6.07 Å². The fourth-order valence-electron chi connectivity index (χ4n) is 4.81. The first-order valence-electron chi connectivity index (χ1n) is 12.9. The van der Waals surface area contributed by atoms with Crippen molar-refractivity contribution >= 4 is 11.9 Å². The zero-order valence-corrected chi connectivity index (χ0v) is 21.9. The number of aryl methyl sites for hydroxylation is 2. The van der Waals surface area contributed by atoms with Crippen LogP contribution in [0.1, 0.15) is 63.0 Å². The Bertz CT molecular complexity index is 1040. The van der Waals surface area contributed by atoms with Crippen LogP contribution in [0.4, 0.5) is 0 Å². The predicted molar refractivity (Wildman–Crippen MR) is 138 cm³/mol. The van der Waals surface area contributed by atoms with E-state index >= 15 is 0 Å². The van der Waals surface area contributed by atoms with Crippen LogP contribution in [0.5, 0.6) is 23.0 Å². The Hall–Kier alpha value is -3.42. The number of hydrogen-bond acceptors (Lipinski definition) is 8. The van der Waals surface area contributed by atoms with Gasteiger partial charge in [0, 0.05) is 13.3 Å². The molecule has 8 heteroatoms. The number of carbonyl (C=O) groups is 2.